The molecule has 0 spiro atoms. The zero-order chi connectivity index (χ0) is 9.23. The van der Waals surface area contributed by atoms with Crippen LogP contribution in [0.3, 0.4) is 0 Å². The number of ketones is 1. The first-order valence-electron chi connectivity index (χ1n) is 3.36. The molecule has 0 unspecified atom stereocenters. The van der Waals surface area contributed by atoms with Crippen LogP contribution in [0.15, 0.2) is 0 Å². The Bertz CT molecular complexity index is 172. The number of carboxylic acids is 1. The second-order valence-corrected chi connectivity index (χ2v) is 2.89. The fourth-order valence-electron chi connectivity index (χ4n) is 0.804. The van der Waals surface area contributed by atoms with Crippen LogP contribution in [0, 0.1) is 5.92 Å². The Morgan fingerprint density at radius 2 is 1.82 bits per heavy atom. The summed E-state index contributed by atoms with van der Waals surface area (Å²) < 4.78 is 0. The van der Waals surface area contributed by atoms with Gasteiger partial charge >= 0.3 is 5.97 Å². The van der Waals surface area contributed by atoms with Crippen molar-refractivity contribution in [1.29, 1.82) is 0 Å². The summed E-state index contributed by atoms with van der Waals surface area (Å²) in [4.78, 5) is 21.4. The van der Waals surface area contributed by atoms with E-state index >= 15 is 0 Å². The van der Waals surface area contributed by atoms with Crippen molar-refractivity contribution in [1.82, 2.24) is 0 Å². The SMILES string of the molecule is CC(=O)[C@@](N)(C(=O)O)C(C)C. The number of nitrogens with two attached hydrogens (primary N) is 1. The van der Waals surface area contributed by atoms with Gasteiger partial charge in [0.1, 0.15) is 0 Å². The second kappa shape index (κ2) is 3.00. The highest BCUT2D eigenvalue weighted by Crippen LogP contribution is 2.14. The smallest absolute Gasteiger partial charge is 0.331 e. The van der Waals surface area contributed by atoms with Crippen LogP contribution in [0.1, 0.15) is 20.8 Å². The number of hydrogen-bond acceptors (Lipinski definition) is 3. The maximum atomic E-state index is 10.8. The lowest BCUT2D eigenvalue weighted by molar-refractivity contribution is -0.149. The van der Waals surface area contributed by atoms with Gasteiger partial charge in [0.25, 0.3) is 0 Å². The van der Waals surface area contributed by atoms with Crippen molar-refractivity contribution in [2.75, 3.05) is 0 Å². The number of aliphatic carboxylic acids is 1. The lowest BCUT2D eigenvalue weighted by Crippen LogP contribution is -2.57. The van der Waals surface area contributed by atoms with Gasteiger partial charge in [-0.15, -0.1) is 0 Å². The molecular weight excluding hydrogens is 146 g/mol. The van der Waals surface area contributed by atoms with Crippen molar-refractivity contribution in [3.8, 4) is 0 Å². The molecule has 0 radical (unpaired) electrons. The third-order valence-corrected chi connectivity index (χ3v) is 1.85. The van der Waals surface area contributed by atoms with Crippen molar-refractivity contribution >= 4 is 11.8 Å². The average Bonchev–Trinajstić information content (AvgIpc) is 1.84. The molecule has 0 amide bonds. The largest absolute Gasteiger partial charge is 0.480 e. The zero-order valence-corrected chi connectivity index (χ0v) is 6.92. The third kappa shape index (κ3) is 1.57. The van der Waals surface area contributed by atoms with Crippen LogP contribution in [0.25, 0.3) is 0 Å². The first-order chi connectivity index (χ1) is 4.83. The molecule has 0 rings (SSSR count). The molecule has 1 atom stereocenters. The minimum atomic E-state index is -1.72. The molecule has 0 aromatic carbocycles. The highest BCUT2D eigenvalue weighted by Gasteiger charge is 2.42. The van der Waals surface area contributed by atoms with Crippen molar-refractivity contribution < 1.29 is 14.7 Å². The van der Waals surface area contributed by atoms with E-state index in [4.69, 9.17) is 10.8 Å². The number of hydrogen-bond donors (Lipinski definition) is 2. The molecule has 0 bridgehead atoms. The number of carboxylic acid groups (broad SMARTS) is 1. The Morgan fingerprint density at radius 1 is 1.45 bits per heavy atom. The third-order valence-electron chi connectivity index (χ3n) is 1.85. The van der Waals surface area contributed by atoms with E-state index in [9.17, 15) is 9.59 Å². The standard InChI is InChI=1S/C7H13NO3/c1-4(2)7(8,5(3)9)6(10)11/h4H,8H2,1-3H3,(H,10,11)/t7-/m1/s1. The summed E-state index contributed by atoms with van der Waals surface area (Å²) in [6.45, 7) is 4.40. The van der Waals surface area contributed by atoms with Gasteiger partial charge in [-0.1, -0.05) is 13.8 Å². The zero-order valence-electron chi connectivity index (χ0n) is 6.92. The van der Waals surface area contributed by atoms with Gasteiger partial charge in [0.05, 0.1) is 0 Å². The lowest BCUT2D eigenvalue weighted by Gasteiger charge is -2.25. The summed E-state index contributed by atoms with van der Waals surface area (Å²) >= 11 is 0. The molecule has 0 saturated heterocycles. The minimum absolute atomic E-state index is 0.391. The molecule has 0 fully saturated rings. The Labute approximate surface area is 65.4 Å². The lowest BCUT2D eigenvalue weighted by atomic mass is 9.84. The molecule has 4 heteroatoms. The van der Waals surface area contributed by atoms with E-state index < -0.39 is 23.2 Å². The highest BCUT2D eigenvalue weighted by molar-refractivity contribution is 6.06. The average molecular weight is 159 g/mol. The fourth-order valence-corrected chi connectivity index (χ4v) is 0.804. The van der Waals surface area contributed by atoms with Crippen molar-refractivity contribution in [3.63, 3.8) is 0 Å². The van der Waals surface area contributed by atoms with Crippen LogP contribution >= 0.6 is 0 Å². The van der Waals surface area contributed by atoms with Crippen LogP contribution in [0.5, 0.6) is 0 Å². The molecule has 3 N–H and O–H groups in total. The second-order valence-electron chi connectivity index (χ2n) is 2.89. The molecular formula is C7H13NO3. The molecule has 4 nitrogen and oxygen atoms in total. The van der Waals surface area contributed by atoms with E-state index in [0.717, 1.165) is 0 Å². The van der Waals surface area contributed by atoms with Gasteiger partial charge < -0.3 is 10.8 Å². The predicted molar refractivity (Wildman–Crippen MR) is 40.1 cm³/mol. The summed E-state index contributed by atoms with van der Waals surface area (Å²) in [6, 6.07) is 0. The van der Waals surface area contributed by atoms with Gasteiger partial charge in [-0.05, 0) is 12.8 Å². The van der Waals surface area contributed by atoms with Gasteiger partial charge in [-0.25, -0.2) is 4.79 Å². The molecule has 64 valence electrons. The summed E-state index contributed by atoms with van der Waals surface area (Å²) in [5, 5.41) is 8.63. The maximum Gasteiger partial charge on any atom is 0.331 e. The van der Waals surface area contributed by atoms with Crippen molar-refractivity contribution in [3.05, 3.63) is 0 Å². The Hall–Kier alpha value is -0.900. The molecule has 0 aromatic heterocycles. The monoisotopic (exact) mass is 159 g/mol. The summed E-state index contributed by atoms with van der Waals surface area (Å²) in [7, 11) is 0. The number of carbonyl (C=O) groups excluding carboxylic acids is 1. The molecule has 0 aliphatic carbocycles. The van der Waals surface area contributed by atoms with Crippen LogP contribution in [0.4, 0.5) is 0 Å². The highest BCUT2D eigenvalue weighted by atomic mass is 16.4. The van der Waals surface area contributed by atoms with Crippen molar-refractivity contribution in [2.45, 2.75) is 26.3 Å². The Balaban J connectivity index is 4.82. The first kappa shape index (κ1) is 10.1. The number of rotatable bonds is 3. The molecule has 0 aliphatic heterocycles. The predicted octanol–water partition coefficient (Wildman–Crippen LogP) is 0.0135. The van der Waals surface area contributed by atoms with Gasteiger partial charge in [-0.2, -0.15) is 0 Å². The minimum Gasteiger partial charge on any atom is -0.480 e. The molecule has 0 heterocycles. The van der Waals surface area contributed by atoms with E-state index in [1.807, 2.05) is 0 Å². The fraction of sp³-hybridized carbons (Fsp3) is 0.714. The van der Waals surface area contributed by atoms with E-state index in [1.54, 1.807) is 13.8 Å². The number of Topliss-reactive ketones (excluding diaryl/α,β-unsaturated/α-hetero) is 1. The summed E-state index contributed by atoms with van der Waals surface area (Å²) in [6.07, 6.45) is 0. The topological polar surface area (TPSA) is 80.4 Å². The summed E-state index contributed by atoms with van der Waals surface area (Å²) in [5.41, 5.74) is 3.66. The Kier molecular flexibility index (Phi) is 2.76. The van der Waals surface area contributed by atoms with Gasteiger partial charge in [0.15, 0.2) is 11.3 Å². The maximum absolute atomic E-state index is 10.8. The van der Waals surface area contributed by atoms with Crippen LogP contribution in [0.2, 0.25) is 0 Å². The van der Waals surface area contributed by atoms with E-state index in [-0.39, 0.29) is 0 Å². The van der Waals surface area contributed by atoms with E-state index in [2.05, 4.69) is 0 Å². The molecule has 0 saturated carbocycles. The Morgan fingerprint density at radius 3 is 1.82 bits per heavy atom. The summed E-state index contributed by atoms with van der Waals surface area (Å²) in [5.74, 6) is -2.17. The van der Waals surface area contributed by atoms with Crippen molar-refractivity contribution in [2.24, 2.45) is 11.7 Å². The van der Waals surface area contributed by atoms with Gasteiger partial charge in [0, 0.05) is 0 Å². The van der Waals surface area contributed by atoms with E-state index in [1.165, 1.54) is 6.92 Å². The number of carbonyl (C=O) groups is 2. The normalized spacial score (nSPS) is 16.1. The van der Waals surface area contributed by atoms with Crippen LogP contribution in [-0.4, -0.2) is 22.4 Å². The van der Waals surface area contributed by atoms with Gasteiger partial charge in [0.2, 0.25) is 0 Å². The molecule has 0 aromatic rings. The van der Waals surface area contributed by atoms with Crippen LogP contribution in [-0.2, 0) is 9.59 Å². The first-order valence-corrected chi connectivity index (χ1v) is 3.36. The molecule has 0 aliphatic rings. The molecule has 11 heavy (non-hydrogen) atoms. The van der Waals surface area contributed by atoms with Gasteiger partial charge in [-0.3, -0.25) is 4.79 Å². The quantitative estimate of drug-likeness (QED) is 0.568. The van der Waals surface area contributed by atoms with E-state index in [0.29, 0.717) is 0 Å². The van der Waals surface area contributed by atoms with Crippen LogP contribution < -0.4 is 5.73 Å².